The van der Waals surface area contributed by atoms with Gasteiger partial charge in [-0.05, 0) is 18.8 Å². The van der Waals surface area contributed by atoms with Crippen molar-refractivity contribution in [2.75, 3.05) is 53.0 Å². The summed E-state index contributed by atoms with van der Waals surface area (Å²) in [5, 5.41) is 2.91. The monoisotopic (exact) mass is 353 g/mol. The quantitative estimate of drug-likeness (QED) is 0.640. The van der Waals surface area contributed by atoms with Gasteiger partial charge in [0.1, 0.15) is 0 Å². The van der Waals surface area contributed by atoms with Crippen LogP contribution in [0.4, 0.5) is 0 Å². The summed E-state index contributed by atoms with van der Waals surface area (Å²) < 4.78 is 4.97. The first-order valence-electron chi connectivity index (χ1n) is 9.95. The third kappa shape index (κ3) is 7.74. The highest BCUT2D eigenvalue weighted by atomic mass is 16.5. The summed E-state index contributed by atoms with van der Waals surface area (Å²) in [5.74, 6) is 1.13. The Bertz CT molecular complexity index is 403. The Morgan fingerprint density at radius 3 is 2.48 bits per heavy atom. The predicted octanol–water partition coefficient (Wildman–Crippen LogP) is 1.64. The van der Waals surface area contributed by atoms with E-state index in [4.69, 9.17) is 4.74 Å². The maximum atomic E-state index is 12.4. The van der Waals surface area contributed by atoms with Gasteiger partial charge < -0.3 is 15.0 Å². The van der Waals surface area contributed by atoms with E-state index in [1.54, 1.807) is 7.11 Å². The molecule has 1 saturated heterocycles. The maximum absolute atomic E-state index is 12.4. The van der Waals surface area contributed by atoms with Gasteiger partial charge in [0.15, 0.2) is 0 Å². The number of piperazine rings is 1. The molecule has 0 bridgehead atoms. The van der Waals surface area contributed by atoms with E-state index in [2.05, 4.69) is 10.2 Å². The fourth-order valence-corrected chi connectivity index (χ4v) is 3.82. The minimum absolute atomic E-state index is 0.0631. The molecule has 1 aliphatic heterocycles. The van der Waals surface area contributed by atoms with Crippen molar-refractivity contribution in [3.8, 4) is 0 Å². The van der Waals surface area contributed by atoms with Crippen LogP contribution in [-0.4, -0.2) is 74.6 Å². The van der Waals surface area contributed by atoms with Gasteiger partial charge >= 0.3 is 0 Å². The molecule has 0 unspecified atom stereocenters. The number of hydrogen-bond donors (Lipinski definition) is 1. The van der Waals surface area contributed by atoms with E-state index in [9.17, 15) is 9.59 Å². The molecular formula is C19H35N3O3. The minimum Gasteiger partial charge on any atom is -0.385 e. The molecule has 0 atom stereocenters. The Balaban J connectivity index is 1.57. The number of carbonyl (C=O) groups excluding carboxylic acids is 2. The van der Waals surface area contributed by atoms with E-state index in [-0.39, 0.29) is 5.91 Å². The molecule has 1 heterocycles. The zero-order valence-electron chi connectivity index (χ0n) is 15.8. The lowest BCUT2D eigenvalue weighted by molar-refractivity contribution is -0.133. The zero-order chi connectivity index (χ0) is 17.9. The first kappa shape index (κ1) is 20.2. The van der Waals surface area contributed by atoms with Crippen LogP contribution in [0.5, 0.6) is 0 Å². The zero-order valence-corrected chi connectivity index (χ0v) is 15.8. The highest BCUT2D eigenvalue weighted by Crippen LogP contribution is 2.27. The van der Waals surface area contributed by atoms with E-state index < -0.39 is 0 Å². The van der Waals surface area contributed by atoms with Crippen LogP contribution >= 0.6 is 0 Å². The number of rotatable bonds is 9. The van der Waals surface area contributed by atoms with E-state index in [0.717, 1.165) is 44.9 Å². The van der Waals surface area contributed by atoms with Crippen molar-refractivity contribution in [1.29, 1.82) is 0 Å². The second-order valence-electron chi connectivity index (χ2n) is 7.40. The van der Waals surface area contributed by atoms with Crippen LogP contribution in [0.1, 0.15) is 51.4 Å². The first-order chi connectivity index (χ1) is 12.2. The van der Waals surface area contributed by atoms with Crippen molar-refractivity contribution in [1.82, 2.24) is 15.1 Å². The highest BCUT2D eigenvalue weighted by molar-refractivity contribution is 5.78. The smallest absolute Gasteiger partial charge is 0.234 e. The molecule has 0 spiro atoms. The molecule has 0 aromatic heterocycles. The van der Waals surface area contributed by atoms with Crippen LogP contribution in [0.2, 0.25) is 0 Å². The number of nitrogens with one attached hydrogen (secondary N) is 1. The van der Waals surface area contributed by atoms with E-state index >= 15 is 0 Å². The molecule has 2 amide bonds. The van der Waals surface area contributed by atoms with E-state index in [0.29, 0.717) is 32.0 Å². The Morgan fingerprint density at radius 2 is 1.80 bits per heavy atom. The van der Waals surface area contributed by atoms with Crippen LogP contribution < -0.4 is 5.32 Å². The van der Waals surface area contributed by atoms with Crippen molar-refractivity contribution in [3.63, 3.8) is 0 Å². The van der Waals surface area contributed by atoms with Crippen LogP contribution in [-0.2, 0) is 14.3 Å². The SMILES string of the molecule is COCCCNC(=O)CN1CCN(C(=O)CCC2CCCCC2)CC1. The average Bonchev–Trinajstić information content (AvgIpc) is 2.65. The van der Waals surface area contributed by atoms with Crippen LogP contribution in [0, 0.1) is 5.92 Å². The Kier molecular flexibility index (Phi) is 9.26. The third-order valence-electron chi connectivity index (χ3n) is 5.43. The van der Waals surface area contributed by atoms with Gasteiger partial charge in [-0.3, -0.25) is 14.5 Å². The van der Waals surface area contributed by atoms with Crippen molar-refractivity contribution in [2.24, 2.45) is 5.92 Å². The van der Waals surface area contributed by atoms with Crippen molar-refractivity contribution >= 4 is 11.8 Å². The number of hydrogen-bond acceptors (Lipinski definition) is 4. The summed E-state index contributed by atoms with van der Waals surface area (Å²) in [6.45, 7) is 4.84. The molecular weight excluding hydrogens is 318 g/mol. The van der Waals surface area contributed by atoms with Crippen molar-refractivity contribution in [3.05, 3.63) is 0 Å². The Hall–Kier alpha value is -1.14. The van der Waals surface area contributed by atoms with Crippen molar-refractivity contribution < 1.29 is 14.3 Å². The summed E-state index contributed by atoms with van der Waals surface area (Å²) in [6.07, 6.45) is 9.25. The van der Waals surface area contributed by atoms with Gasteiger partial charge in [-0.25, -0.2) is 0 Å². The molecule has 144 valence electrons. The molecule has 0 aromatic rings. The van der Waals surface area contributed by atoms with Gasteiger partial charge in [-0.15, -0.1) is 0 Å². The summed E-state index contributed by atoms with van der Waals surface area (Å²) in [7, 11) is 1.66. The van der Waals surface area contributed by atoms with E-state index in [1.807, 2.05) is 4.90 Å². The maximum Gasteiger partial charge on any atom is 0.234 e. The first-order valence-corrected chi connectivity index (χ1v) is 9.95. The normalized spacial score (nSPS) is 19.8. The summed E-state index contributed by atoms with van der Waals surface area (Å²) in [4.78, 5) is 28.4. The minimum atomic E-state index is 0.0631. The summed E-state index contributed by atoms with van der Waals surface area (Å²) >= 11 is 0. The standard InChI is InChI=1S/C19H35N3O3/c1-25-15-5-10-20-18(23)16-21-11-13-22(14-12-21)19(24)9-8-17-6-3-2-4-7-17/h17H,2-16H2,1H3,(H,20,23). The molecule has 2 rings (SSSR count). The fraction of sp³-hybridized carbons (Fsp3) is 0.895. The molecule has 0 radical (unpaired) electrons. The second kappa shape index (κ2) is 11.5. The van der Waals surface area contributed by atoms with Gasteiger partial charge in [-0.2, -0.15) is 0 Å². The largest absolute Gasteiger partial charge is 0.385 e. The van der Waals surface area contributed by atoms with E-state index in [1.165, 1.54) is 32.1 Å². The fourth-order valence-electron chi connectivity index (χ4n) is 3.82. The topological polar surface area (TPSA) is 61.9 Å². The summed E-state index contributed by atoms with van der Waals surface area (Å²) in [5.41, 5.74) is 0. The number of methoxy groups -OCH3 is 1. The van der Waals surface area contributed by atoms with Crippen molar-refractivity contribution in [2.45, 2.75) is 51.4 Å². The van der Waals surface area contributed by atoms with Gasteiger partial charge in [0.25, 0.3) is 0 Å². The van der Waals surface area contributed by atoms with Gasteiger partial charge in [0.2, 0.25) is 11.8 Å². The van der Waals surface area contributed by atoms with Gasteiger partial charge in [0, 0.05) is 52.9 Å². The second-order valence-corrected chi connectivity index (χ2v) is 7.40. The lowest BCUT2D eigenvalue weighted by Crippen LogP contribution is -2.51. The Labute approximate surface area is 152 Å². The number of nitrogens with zero attached hydrogens (tertiary/aromatic N) is 2. The third-order valence-corrected chi connectivity index (χ3v) is 5.43. The molecule has 6 nitrogen and oxygen atoms in total. The van der Waals surface area contributed by atoms with Crippen LogP contribution in [0.15, 0.2) is 0 Å². The molecule has 25 heavy (non-hydrogen) atoms. The molecule has 0 aromatic carbocycles. The molecule has 6 heteroatoms. The molecule has 2 aliphatic rings. The summed E-state index contributed by atoms with van der Waals surface area (Å²) in [6, 6.07) is 0. The molecule has 1 aliphatic carbocycles. The van der Waals surface area contributed by atoms with Crippen LogP contribution in [0.3, 0.4) is 0 Å². The molecule has 1 saturated carbocycles. The highest BCUT2D eigenvalue weighted by Gasteiger charge is 2.23. The number of amides is 2. The Morgan fingerprint density at radius 1 is 1.08 bits per heavy atom. The predicted molar refractivity (Wildman–Crippen MR) is 98.3 cm³/mol. The molecule has 1 N–H and O–H groups in total. The van der Waals surface area contributed by atoms with Gasteiger partial charge in [-0.1, -0.05) is 32.1 Å². The number of carbonyl (C=O) groups is 2. The lowest BCUT2D eigenvalue weighted by atomic mass is 9.86. The van der Waals surface area contributed by atoms with Crippen LogP contribution in [0.25, 0.3) is 0 Å². The number of ether oxygens (including phenoxy) is 1. The van der Waals surface area contributed by atoms with Gasteiger partial charge in [0.05, 0.1) is 6.54 Å². The average molecular weight is 354 g/mol. The molecule has 2 fully saturated rings. The lowest BCUT2D eigenvalue weighted by Gasteiger charge is -2.34.